The van der Waals surface area contributed by atoms with Gasteiger partial charge in [-0.1, -0.05) is 45.7 Å². The molecule has 0 aliphatic carbocycles. The van der Waals surface area contributed by atoms with E-state index in [1.54, 1.807) is 0 Å². The number of amides is 2. The molecule has 4 rings (SSSR count). The first-order chi connectivity index (χ1) is 21.4. The first-order valence-corrected chi connectivity index (χ1v) is 17.5. The van der Waals surface area contributed by atoms with E-state index in [2.05, 4.69) is 10.6 Å². The zero-order valence-corrected chi connectivity index (χ0v) is 27.6. The van der Waals surface area contributed by atoms with Gasteiger partial charge in [0.25, 0.3) is 0 Å². The first kappa shape index (κ1) is 36.3. The van der Waals surface area contributed by atoms with Crippen LogP contribution in [0.3, 0.4) is 0 Å². The smallest absolute Gasteiger partial charge is 0.243 e. The van der Waals surface area contributed by atoms with E-state index in [1.165, 1.54) is 28.6 Å². The quantitative estimate of drug-likeness (QED) is 0.232. The van der Waals surface area contributed by atoms with Crippen molar-refractivity contribution in [2.75, 3.05) is 25.4 Å². The molecule has 0 radical (unpaired) electrons. The number of aliphatic hydroxyl groups is 1. The fraction of sp³-hybridized carbons (Fsp3) is 0.576. The topological polar surface area (TPSA) is 177 Å². The standard InChI is InChI=1S/C33H51N5O6S/c1-4-5-9-29-33(41)37-30(21-24-10-14-26(15-11-24)44-20-7-6-8-28(35)32(40)36-29)31(39)22-38(19-18-23(2)3)45(42,43)27-16-12-25(34)13-17-27/h10-17,23,28-31,39H,4-9,18-22,34-35H2,1-3H3,(H,36,40)(H,37,41)/t28-,29-,30-,31+/m0/s1. The van der Waals surface area contributed by atoms with E-state index in [9.17, 15) is 23.1 Å². The molecule has 0 saturated carbocycles. The third-order valence-electron chi connectivity index (χ3n) is 8.03. The van der Waals surface area contributed by atoms with Gasteiger partial charge in [0, 0.05) is 18.8 Å². The van der Waals surface area contributed by atoms with Gasteiger partial charge in [-0.25, -0.2) is 8.42 Å². The van der Waals surface area contributed by atoms with Crippen LogP contribution >= 0.6 is 0 Å². The normalized spacial score (nSPS) is 21.2. The molecule has 7 N–H and O–H groups in total. The summed E-state index contributed by atoms with van der Waals surface area (Å²) in [6.07, 6.45) is 3.31. The van der Waals surface area contributed by atoms with Crippen molar-refractivity contribution in [1.29, 1.82) is 0 Å². The number of carbonyl (C=O) groups excluding carboxylic acids is 2. The van der Waals surface area contributed by atoms with E-state index in [4.69, 9.17) is 16.2 Å². The van der Waals surface area contributed by atoms with Crippen LogP contribution in [-0.2, 0) is 26.0 Å². The average Bonchev–Trinajstić information content (AvgIpc) is 3.00. The molecule has 2 amide bonds. The number of ether oxygens (including phenoxy) is 1. The van der Waals surface area contributed by atoms with Crippen molar-refractivity contribution in [3.8, 4) is 5.75 Å². The Morgan fingerprint density at radius 2 is 1.71 bits per heavy atom. The lowest BCUT2D eigenvalue weighted by atomic mass is 9.99. The van der Waals surface area contributed by atoms with Crippen LogP contribution < -0.4 is 26.8 Å². The molecule has 0 saturated heterocycles. The molecular weight excluding hydrogens is 594 g/mol. The van der Waals surface area contributed by atoms with Crippen LogP contribution in [0, 0.1) is 5.92 Å². The molecule has 2 aliphatic rings. The van der Waals surface area contributed by atoms with Crippen molar-refractivity contribution < 1.29 is 27.9 Å². The number of hydrogen-bond acceptors (Lipinski definition) is 8. The van der Waals surface area contributed by atoms with Gasteiger partial charge in [-0.05, 0) is 86.4 Å². The molecule has 0 spiro atoms. The number of sulfonamides is 1. The lowest BCUT2D eigenvalue weighted by Gasteiger charge is -2.31. The Labute approximate surface area is 268 Å². The van der Waals surface area contributed by atoms with E-state index in [-0.39, 0.29) is 30.3 Å². The lowest BCUT2D eigenvalue weighted by Crippen LogP contribution is -2.57. The van der Waals surface area contributed by atoms with Crippen LogP contribution in [0.15, 0.2) is 53.4 Å². The maximum atomic E-state index is 13.8. The summed E-state index contributed by atoms with van der Waals surface area (Å²) < 4.78 is 34.6. The van der Waals surface area contributed by atoms with Crippen LogP contribution in [0.2, 0.25) is 0 Å². The zero-order chi connectivity index (χ0) is 33.0. The second-order valence-corrected chi connectivity index (χ2v) is 14.2. The fourth-order valence-corrected chi connectivity index (χ4v) is 6.59. The minimum Gasteiger partial charge on any atom is -0.494 e. The average molecular weight is 646 g/mol. The summed E-state index contributed by atoms with van der Waals surface area (Å²) in [7, 11) is -3.99. The van der Waals surface area contributed by atoms with Crippen LogP contribution in [0.4, 0.5) is 5.69 Å². The summed E-state index contributed by atoms with van der Waals surface area (Å²) >= 11 is 0. The Kier molecular flexibility index (Phi) is 14.1. The molecule has 12 heteroatoms. The number of nitrogens with zero attached hydrogens (tertiary/aromatic N) is 1. The molecular formula is C33H51N5O6S. The highest BCUT2D eigenvalue weighted by Gasteiger charge is 2.33. The van der Waals surface area contributed by atoms with Gasteiger partial charge in [0.2, 0.25) is 21.8 Å². The predicted molar refractivity (Wildman–Crippen MR) is 176 cm³/mol. The minimum absolute atomic E-state index is 0.0693. The summed E-state index contributed by atoms with van der Waals surface area (Å²) in [6, 6.07) is 10.9. The number of hydrogen-bond donors (Lipinski definition) is 5. The van der Waals surface area contributed by atoms with Crippen molar-refractivity contribution in [2.45, 2.75) is 101 Å². The highest BCUT2D eigenvalue weighted by atomic mass is 32.2. The molecule has 2 aromatic carbocycles. The van der Waals surface area contributed by atoms with Crippen LogP contribution in [0.5, 0.6) is 5.75 Å². The predicted octanol–water partition coefficient (Wildman–Crippen LogP) is 2.96. The fourth-order valence-electron chi connectivity index (χ4n) is 5.12. The Bertz CT molecular complexity index is 1320. The molecule has 2 heterocycles. The summed E-state index contributed by atoms with van der Waals surface area (Å²) in [5.74, 6) is 0.0378. The van der Waals surface area contributed by atoms with Crippen LogP contribution in [-0.4, -0.2) is 73.6 Å². The Morgan fingerprint density at radius 3 is 2.36 bits per heavy atom. The van der Waals surface area contributed by atoms with E-state index >= 15 is 0 Å². The number of nitrogens with two attached hydrogens (primary N) is 2. The maximum Gasteiger partial charge on any atom is 0.243 e. The Balaban J connectivity index is 1.94. The summed E-state index contributed by atoms with van der Waals surface area (Å²) in [6.45, 7) is 6.40. The molecule has 4 atom stereocenters. The number of anilines is 1. The largest absolute Gasteiger partial charge is 0.494 e. The van der Waals surface area contributed by atoms with E-state index in [0.717, 1.165) is 18.4 Å². The monoisotopic (exact) mass is 645 g/mol. The molecule has 2 aliphatic heterocycles. The highest BCUT2D eigenvalue weighted by molar-refractivity contribution is 7.89. The molecule has 2 bridgehead atoms. The van der Waals surface area contributed by atoms with Gasteiger partial charge < -0.3 is 31.9 Å². The molecule has 45 heavy (non-hydrogen) atoms. The van der Waals surface area contributed by atoms with Crippen molar-refractivity contribution in [1.82, 2.24) is 14.9 Å². The van der Waals surface area contributed by atoms with Gasteiger partial charge in [-0.3, -0.25) is 9.59 Å². The first-order valence-electron chi connectivity index (χ1n) is 16.0. The third-order valence-corrected chi connectivity index (χ3v) is 9.91. The highest BCUT2D eigenvalue weighted by Crippen LogP contribution is 2.21. The van der Waals surface area contributed by atoms with Crippen molar-refractivity contribution in [2.24, 2.45) is 11.7 Å². The van der Waals surface area contributed by atoms with E-state index in [0.29, 0.717) is 50.1 Å². The van der Waals surface area contributed by atoms with Gasteiger partial charge in [-0.15, -0.1) is 0 Å². The minimum atomic E-state index is -3.99. The van der Waals surface area contributed by atoms with Gasteiger partial charge in [0.05, 0.1) is 29.7 Å². The van der Waals surface area contributed by atoms with Crippen molar-refractivity contribution >= 4 is 27.5 Å². The molecule has 2 aromatic rings. The van der Waals surface area contributed by atoms with Crippen molar-refractivity contribution in [3.63, 3.8) is 0 Å². The summed E-state index contributed by atoms with van der Waals surface area (Å²) in [5.41, 5.74) is 13.2. The van der Waals surface area contributed by atoms with E-state index in [1.807, 2.05) is 45.0 Å². The number of carbonyl (C=O) groups is 2. The van der Waals surface area contributed by atoms with Gasteiger partial charge in [-0.2, -0.15) is 4.31 Å². The molecule has 0 unspecified atom stereocenters. The number of nitrogens with one attached hydrogen (secondary N) is 2. The number of nitrogen functional groups attached to an aromatic ring is 1. The lowest BCUT2D eigenvalue weighted by molar-refractivity contribution is -0.130. The number of unbranched alkanes of at least 4 members (excludes halogenated alkanes) is 1. The molecule has 250 valence electrons. The van der Waals surface area contributed by atoms with E-state index < -0.39 is 46.1 Å². The number of benzene rings is 2. The van der Waals surface area contributed by atoms with Gasteiger partial charge in [0.1, 0.15) is 11.8 Å². The Hall–Kier alpha value is -3.19. The Morgan fingerprint density at radius 1 is 1.02 bits per heavy atom. The SMILES string of the molecule is CCCC[C@@H]1NC(=O)[C@@H](N)CCCCOc2ccc(cc2)C[C@@H]([C@H](O)CN(CCC(C)C)S(=O)(=O)c2ccc(N)cc2)NC1=O. The van der Waals surface area contributed by atoms with Crippen molar-refractivity contribution in [3.05, 3.63) is 54.1 Å². The zero-order valence-electron chi connectivity index (χ0n) is 26.8. The van der Waals surface area contributed by atoms with Gasteiger partial charge >= 0.3 is 0 Å². The molecule has 0 aromatic heterocycles. The number of fused-ring (bicyclic) bond motifs is 14. The molecule has 11 nitrogen and oxygen atoms in total. The number of aliphatic hydroxyl groups excluding tert-OH is 1. The van der Waals surface area contributed by atoms with Crippen LogP contribution in [0.1, 0.15) is 71.3 Å². The second-order valence-electron chi connectivity index (χ2n) is 12.3. The third kappa shape index (κ3) is 11.3. The maximum absolute atomic E-state index is 13.8. The second kappa shape index (κ2) is 17.5. The number of rotatable bonds is 11. The summed E-state index contributed by atoms with van der Waals surface area (Å²) in [5, 5.41) is 17.4. The molecule has 0 fully saturated rings. The van der Waals surface area contributed by atoms with Gasteiger partial charge in [0.15, 0.2) is 0 Å². The summed E-state index contributed by atoms with van der Waals surface area (Å²) in [4.78, 5) is 26.7. The van der Waals surface area contributed by atoms with Crippen LogP contribution in [0.25, 0.3) is 0 Å².